The molecule has 0 saturated heterocycles. The van der Waals surface area contributed by atoms with Crippen LogP contribution in [0.15, 0.2) is 48.5 Å². The standard InChI is InChI=1S/C20H24N4O3/c1-13-7-6-8-14(2)18(13)24-17(25)12-22-19(26)16(23-20(21)27)11-15-9-4-3-5-10-15/h3-10,16H,11-12H2,1-2H3,(H,22,26)(H,24,25)(H3,21,23,27). The number of carbonyl (C=O) groups excluding carboxylic acids is 3. The molecule has 0 fully saturated rings. The second-order valence-electron chi connectivity index (χ2n) is 6.28. The molecule has 4 amide bonds. The third kappa shape index (κ3) is 6.14. The number of benzene rings is 2. The molecule has 1 atom stereocenters. The highest BCUT2D eigenvalue weighted by Crippen LogP contribution is 2.18. The minimum atomic E-state index is -0.863. The number of rotatable bonds is 7. The molecule has 2 aromatic rings. The summed E-state index contributed by atoms with van der Waals surface area (Å²) in [7, 11) is 0. The average molecular weight is 368 g/mol. The van der Waals surface area contributed by atoms with Gasteiger partial charge in [-0.15, -0.1) is 0 Å². The Bertz CT molecular complexity index is 801. The summed E-state index contributed by atoms with van der Waals surface area (Å²) in [5.41, 5.74) is 8.64. The first-order valence-corrected chi connectivity index (χ1v) is 8.60. The van der Waals surface area contributed by atoms with Crippen LogP contribution >= 0.6 is 0 Å². The second kappa shape index (κ2) is 9.38. The molecule has 2 aromatic carbocycles. The van der Waals surface area contributed by atoms with Crippen LogP contribution in [0.1, 0.15) is 16.7 Å². The zero-order valence-electron chi connectivity index (χ0n) is 15.4. The van der Waals surface area contributed by atoms with Gasteiger partial charge in [0.05, 0.1) is 6.54 Å². The first-order chi connectivity index (χ1) is 12.9. The smallest absolute Gasteiger partial charge is 0.312 e. The molecule has 0 aliphatic rings. The van der Waals surface area contributed by atoms with Crippen molar-refractivity contribution in [2.45, 2.75) is 26.3 Å². The Kier molecular flexibility index (Phi) is 6.93. The molecule has 27 heavy (non-hydrogen) atoms. The quantitative estimate of drug-likeness (QED) is 0.596. The van der Waals surface area contributed by atoms with Crippen molar-refractivity contribution in [3.8, 4) is 0 Å². The zero-order chi connectivity index (χ0) is 19.8. The number of urea groups is 1. The molecule has 0 bridgehead atoms. The largest absolute Gasteiger partial charge is 0.352 e. The molecule has 5 N–H and O–H groups in total. The fourth-order valence-corrected chi connectivity index (χ4v) is 2.72. The molecule has 0 aliphatic heterocycles. The van der Waals surface area contributed by atoms with Crippen LogP contribution in [0.5, 0.6) is 0 Å². The maximum absolute atomic E-state index is 12.4. The maximum atomic E-state index is 12.4. The molecule has 0 spiro atoms. The number of nitrogens with one attached hydrogen (secondary N) is 3. The summed E-state index contributed by atoms with van der Waals surface area (Å²) in [6.45, 7) is 3.58. The van der Waals surface area contributed by atoms with Crippen molar-refractivity contribution in [2.75, 3.05) is 11.9 Å². The van der Waals surface area contributed by atoms with E-state index in [1.165, 1.54) is 0 Å². The van der Waals surface area contributed by atoms with Crippen molar-refractivity contribution >= 4 is 23.5 Å². The highest BCUT2D eigenvalue weighted by Gasteiger charge is 2.21. The van der Waals surface area contributed by atoms with Gasteiger partial charge in [-0.3, -0.25) is 9.59 Å². The Balaban J connectivity index is 1.96. The number of amides is 4. The molecule has 0 radical (unpaired) electrons. The van der Waals surface area contributed by atoms with Crippen LogP contribution in [-0.2, 0) is 16.0 Å². The summed E-state index contributed by atoms with van der Waals surface area (Å²) in [4.78, 5) is 35.8. The van der Waals surface area contributed by atoms with E-state index in [4.69, 9.17) is 5.73 Å². The molecule has 142 valence electrons. The number of aryl methyl sites for hydroxylation is 2. The maximum Gasteiger partial charge on any atom is 0.312 e. The Morgan fingerprint density at radius 2 is 1.59 bits per heavy atom. The summed E-state index contributed by atoms with van der Waals surface area (Å²) in [6.07, 6.45) is 0.272. The number of primary amides is 1. The molecule has 0 aromatic heterocycles. The highest BCUT2D eigenvalue weighted by molar-refractivity contribution is 5.96. The van der Waals surface area contributed by atoms with Crippen molar-refractivity contribution in [3.63, 3.8) is 0 Å². The predicted molar refractivity (Wildman–Crippen MR) is 104 cm³/mol. The first kappa shape index (κ1) is 20.0. The first-order valence-electron chi connectivity index (χ1n) is 8.60. The van der Waals surface area contributed by atoms with Crippen molar-refractivity contribution in [1.82, 2.24) is 10.6 Å². The lowest BCUT2D eigenvalue weighted by atomic mass is 10.1. The van der Waals surface area contributed by atoms with Crippen LogP contribution in [0, 0.1) is 13.8 Å². The molecule has 0 saturated carbocycles. The summed E-state index contributed by atoms with van der Waals surface area (Å²) in [5, 5.41) is 7.76. The van der Waals surface area contributed by atoms with Gasteiger partial charge < -0.3 is 21.7 Å². The Labute approximate surface area is 158 Å². The minimum absolute atomic E-state index is 0.210. The van der Waals surface area contributed by atoms with E-state index in [2.05, 4.69) is 16.0 Å². The molecule has 7 heteroatoms. The van der Waals surface area contributed by atoms with Gasteiger partial charge in [0.25, 0.3) is 0 Å². The fraction of sp³-hybridized carbons (Fsp3) is 0.250. The molecular formula is C20H24N4O3. The van der Waals surface area contributed by atoms with Gasteiger partial charge in [-0.1, -0.05) is 48.5 Å². The van der Waals surface area contributed by atoms with Crippen LogP contribution < -0.4 is 21.7 Å². The zero-order valence-corrected chi connectivity index (χ0v) is 15.4. The Morgan fingerprint density at radius 3 is 2.19 bits per heavy atom. The van der Waals surface area contributed by atoms with E-state index in [-0.39, 0.29) is 18.9 Å². The summed E-state index contributed by atoms with van der Waals surface area (Å²) in [5.74, 6) is -0.826. The van der Waals surface area contributed by atoms with E-state index in [1.54, 1.807) is 0 Å². The van der Waals surface area contributed by atoms with Crippen molar-refractivity contribution in [1.29, 1.82) is 0 Å². The topological polar surface area (TPSA) is 113 Å². The number of para-hydroxylation sites is 1. The van der Waals surface area contributed by atoms with Gasteiger partial charge in [0.2, 0.25) is 11.8 Å². The molecule has 2 rings (SSSR count). The van der Waals surface area contributed by atoms with Crippen molar-refractivity contribution < 1.29 is 14.4 Å². The number of nitrogens with two attached hydrogens (primary N) is 1. The van der Waals surface area contributed by atoms with Gasteiger partial charge in [0, 0.05) is 12.1 Å². The van der Waals surface area contributed by atoms with E-state index in [9.17, 15) is 14.4 Å². The number of carbonyl (C=O) groups is 3. The predicted octanol–water partition coefficient (Wildman–Crippen LogP) is 1.64. The monoisotopic (exact) mass is 368 g/mol. The highest BCUT2D eigenvalue weighted by atomic mass is 16.2. The lowest BCUT2D eigenvalue weighted by Gasteiger charge is -2.18. The van der Waals surface area contributed by atoms with E-state index < -0.39 is 18.0 Å². The van der Waals surface area contributed by atoms with Crippen LogP contribution in [0.4, 0.5) is 10.5 Å². The fourth-order valence-electron chi connectivity index (χ4n) is 2.72. The third-order valence-corrected chi connectivity index (χ3v) is 4.08. The van der Waals surface area contributed by atoms with Gasteiger partial charge in [-0.05, 0) is 30.5 Å². The Morgan fingerprint density at radius 1 is 0.963 bits per heavy atom. The number of hydrogen-bond acceptors (Lipinski definition) is 3. The third-order valence-electron chi connectivity index (χ3n) is 4.08. The van der Waals surface area contributed by atoms with Crippen LogP contribution in [0.3, 0.4) is 0 Å². The second-order valence-corrected chi connectivity index (χ2v) is 6.28. The number of anilines is 1. The van der Waals surface area contributed by atoms with Gasteiger partial charge in [0.1, 0.15) is 6.04 Å². The number of hydrogen-bond donors (Lipinski definition) is 4. The van der Waals surface area contributed by atoms with E-state index in [0.29, 0.717) is 0 Å². The van der Waals surface area contributed by atoms with E-state index in [1.807, 2.05) is 62.4 Å². The van der Waals surface area contributed by atoms with Gasteiger partial charge in [0.15, 0.2) is 0 Å². The summed E-state index contributed by atoms with van der Waals surface area (Å²) in [6, 6.07) is 13.3. The van der Waals surface area contributed by atoms with E-state index >= 15 is 0 Å². The Hall–Kier alpha value is -3.35. The van der Waals surface area contributed by atoms with Gasteiger partial charge >= 0.3 is 6.03 Å². The van der Waals surface area contributed by atoms with Crippen molar-refractivity contribution in [2.24, 2.45) is 5.73 Å². The summed E-state index contributed by atoms with van der Waals surface area (Å²) >= 11 is 0. The lowest BCUT2D eigenvalue weighted by molar-refractivity contribution is -0.125. The van der Waals surface area contributed by atoms with Crippen LogP contribution in [0.25, 0.3) is 0 Å². The van der Waals surface area contributed by atoms with Crippen LogP contribution in [-0.4, -0.2) is 30.4 Å². The minimum Gasteiger partial charge on any atom is -0.352 e. The average Bonchev–Trinajstić information content (AvgIpc) is 2.63. The van der Waals surface area contributed by atoms with Crippen molar-refractivity contribution in [3.05, 3.63) is 65.2 Å². The normalized spacial score (nSPS) is 11.3. The lowest BCUT2D eigenvalue weighted by Crippen LogP contribution is -2.51. The van der Waals surface area contributed by atoms with Gasteiger partial charge in [-0.25, -0.2) is 4.79 Å². The van der Waals surface area contributed by atoms with E-state index in [0.717, 1.165) is 22.4 Å². The van der Waals surface area contributed by atoms with Crippen LogP contribution in [0.2, 0.25) is 0 Å². The molecular weight excluding hydrogens is 344 g/mol. The SMILES string of the molecule is Cc1cccc(C)c1NC(=O)CNC(=O)C(Cc1ccccc1)NC(N)=O. The molecule has 7 nitrogen and oxygen atoms in total. The molecule has 0 aliphatic carbocycles. The molecule has 0 heterocycles. The summed E-state index contributed by atoms with van der Waals surface area (Å²) < 4.78 is 0. The van der Waals surface area contributed by atoms with Gasteiger partial charge in [-0.2, -0.15) is 0 Å². The molecule has 1 unspecified atom stereocenters.